The van der Waals surface area contributed by atoms with Gasteiger partial charge < -0.3 is 30.7 Å². The molecule has 36 heavy (non-hydrogen) atoms. The molecule has 6 N–H and O–H groups in total. The van der Waals surface area contributed by atoms with Gasteiger partial charge in [0.2, 0.25) is 0 Å². The highest BCUT2D eigenvalue weighted by molar-refractivity contribution is 6.11. The fraction of sp³-hybridized carbons (Fsp3) is 0.360. The standard InChI is InChI=1S/C25H30N8O3/c1-3-28-15-25(7-8-26,10-16(2)35)31-12-17(11-27)33-22-19-6-9-29-23(19)30-13-20(22)32-24(33)21-5-4-18(14-34)36-21/h4-6,9,11-13,16,28,34-35H,3,7,10,14-15,27H2,1-2H3,(H,29,30). The average Bonchev–Trinajstić information content (AvgIpc) is 3.60. The molecule has 4 aromatic rings. The van der Waals surface area contributed by atoms with Gasteiger partial charge >= 0.3 is 0 Å². The molecular formula is C25H30N8O3. The highest BCUT2D eigenvalue weighted by atomic mass is 16.4. The molecule has 0 saturated carbocycles. The van der Waals surface area contributed by atoms with E-state index in [9.17, 15) is 15.5 Å². The number of aliphatic imine (C=N–C) groups is 1. The van der Waals surface area contributed by atoms with Gasteiger partial charge in [-0.25, -0.2) is 9.97 Å². The Hall–Kier alpha value is -3.98. The first-order valence-electron chi connectivity index (χ1n) is 11.7. The Kier molecular flexibility index (Phi) is 7.49. The number of aliphatic hydroxyl groups excluding tert-OH is 2. The third kappa shape index (κ3) is 4.87. The molecule has 0 aliphatic carbocycles. The minimum atomic E-state index is -0.858. The van der Waals surface area contributed by atoms with Crippen LogP contribution in [0.25, 0.3) is 39.3 Å². The number of nitriles is 1. The van der Waals surface area contributed by atoms with E-state index in [2.05, 4.69) is 21.4 Å². The summed E-state index contributed by atoms with van der Waals surface area (Å²) in [5, 5.41) is 33.3. The van der Waals surface area contributed by atoms with Crippen LogP contribution in [-0.4, -0.2) is 60.7 Å². The lowest BCUT2D eigenvalue weighted by molar-refractivity contribution is 0.149. The largest absolute Gasteiger partial charge is 0.455 e. The van der Waals surface area contributed by atoms with E-state index in [0.29, 0.717) is 53.7 Å². The number of rotatable bonds is 11. The Morgan fingerprint density at radius 1 is 1.44 bits per heavy atom. The molecule has 0 bridgehead atoms. The second-order valence-corrected chi connectivity index (χ2v) is 8.67. The van der Waals surface area contributed by atoms with Crippen molar-refractivity contribution < 1.29 is 14.6 Å². The second kappa shape index (κ2) is 10.7. The number of allylic oxidation sites excluding steroid dienone is 1. The molecule has 0 aromatic carbocycles. The normalized spacial score (nSPS) is 15.0. The van der Waals surface area contributed by atoms with Crippen LogP contribution < -0.4 is 11.1 Å². The minimum absolute atomic E-state index is 0.112. The Balaban J connectivity index is 1.91. The third-order valence-electron chi connectivity index (χ3n) is 5.93. The summed E-state index contributed by atoms with van der Waals surface area (Å²) in [4.78, 5) is 17.1. The molecule has 4 heterocycles. The first-order valence-corrected chi connectivity index (χ1v) is 11.7. The van der Waals surface area contributed by atoms with Crippen molar-refractivity contribution in [2.45, 2.75) is 44.9 Å². The molecule has 4 aromatic heterocycles. The maximum absolute atomic E-state index is 10.2. The van der Waals surface area contributed by atoms with E-state index in [1.807, 2.05) is 17.6 Å². The molecule has 0 saturated heterocycles. The number of aliphatic hydroxyl groups is 2. The van der Waals surface area contributed by atoms with E-state index < -0.39 is 11.6 Å². The van der Waals surface area contributed by atoms with Crippen molar-refractivity contribution in [2.75, 3.05) is 13.1 Å². The molecule has 2 atom stereocenters. The van der Waals surface area contributed by atoms with Gasteiger partial charge in [0, 0.05) is 37.0 Å². The fourth-order valence-electron chi connectivity index (χ4n) is 4.35. The number of imidazole rings is 1. The zero-order valence-corrected chi connectivity index (χ0v) is 20.3. The third-order valence-corrected chi connectivity index (χ3v) is 5.93. The van der Waals surface area contributed by atoms with E-state index in [1.165, 1.54) is 6.20 Å². The van der Waals surface area contributed by atoms with Crippen LogP contribution in [0, 0.1) is 11.3 Å². The van der Waals surface area contributed by atoms with E-state index >= 15 is 0 Å². The lowest BCUT2D eigenvalue weighted by atomic mass is 9.89. The van der Waals surface area contributed by atoms with E-state index in [1.54, 1.807) is 37.7 Å². The first kappa shape index (κ1) is 25.1. The second-order valence-electron chi connectivity index (χ2n) is 8.67. The van der Waals surface area contributed by atoms with Crippen LogP contribution in [0.4, 0.5) is 0 Å². The van der Waals surface area contributed by atoms with Crippen molar-refractivity contribution in [3.8, 4) is 17.7 Å². The molecule has 11 heteroatoms. The smallest absolute Gasteiger partial charge is 0.182 e. The SMILES string of the molecule is CCNCC(CC#N)(CC(C)O)N=CC(=CN)n1c(-c2ccc(CO)o2)nc2cnc3[nH]ccc3c21. The van der Waals surface area contributed by atoms with Crippen molar-refractivity contribution in [2.24, 2.45) is 10.7 Å². The van der Waals surface area contributed by atoms with Crippen molar-refractivity contribution in [1.82, 2.24) is 24.8 Å². The van der Waals surface area contributed by atoms with Gasteiger partial charge in [-0.15, -0.1) is 0 Å². The van der Waals surface area contributed by atoms with Crippen molar-refractivity contribution in [3.05, 3.63) is 42.6 Å². The van der Waals surface area contributed by atoms with E-state index in [0.717, 1.165) is 10.9 Å². The number of pyridine rings is 1. The Labute approximate surface area is 208 Å². The first-order chi connectivity index (χ1) is 17.4. The van der Waals surface area contributed by atoms with Crippen LogP contribution in [-0.2, 0) is 6.61 Å². The fourth-order valence-corrected chi connectivity index (χ4v) is 4.35. The van der Waals surface area contributed by atoms with E-state index in [-0.39, 0.29) is 13.0 Å². The highest BCUT2D eigenvalue weighted by Crippen LogP contribution is 2.33. The highest BCUT2D eigenvalue weighted by Gasteiger charge is 2.31. The minimum Gasteiger partial charge on any atom is -0.455 e. The van der Waals surface area contributed by atoms with Gasteiger partial charge in [0.05, 0.1) is 41.5 Å². The van der Waals surface area contributed by atoms with Crippen molar-refractivity contribution >= 4 is 34.0 Å². The predicted octanol–water partition coefficient (Wildman–Crippen LogP) is 2.53. The lowest BCUT2D eigenvalue weighted by Crippen LogP contribution is -2.41. The summed E-state index contributed by atoms with van der Waals surface area (Å²) in [5.74, 6) is 1.29. The number of aromatic nitrogens is 4. The zero-order chi connectivity index (χ0) is 25.7. The number of nitrogens with one attached hydrogen (secondary N) is 2. The van der Waals surface area contributed by atoms with Gasteiger partial charge in [0.15, 0.2) is 11.6 Å². The van der Waals surface area contributed by atoms with E-state index in [4.69, 9.17) is 20.1 Å². The number of likely N-dealkylation sites (N-methyl/N-ethyl adjacent to an activating group) is 1. The van der Waals surface area contributed by atoms with Gasteiger partial charge in [-0.3, -0.25) is 9.56 Å². The van der Waals surface area contributed by atoms with Crippen LogP contribution in [0.5, 0.6) is 0 Å². The maximum Gasteiger partial charge on any atom is 0.182 e. The average molecular weight is 491 g/mol. The quantitative estimate of drug-likeness (QED) is 0.199. The van der Waals surface area contributed by atoms with Crippen LogP contribution in [0.1, 0.15) is 32.4 Å². The topological polar surface area (TPSA) is 174 Å². The number of hydrogen-bond donors (Lipinski definition) is 5. The molecule has 11 nitrogen and oxygen atoms in total. The number of H-pyrrole nitrogens is 1. The van der Waals surface area contributed by atoms with Gasteiger partial charge in [-0.2, -0.15) is 5.26 Å². The Morgan fingerprint density at radius 3 is 2.94 bits per heavy atom. The number of fused-ring (bicyclic) bond motifs is 3. The van der Waals surface area contributed by atoms with Crippen molar-refractivity contribution in [3.63, 3.8) is 0 Å². The van der Waals surface area contributed by atoms with Gasteiger partial charge in [0.25, 0.3) is 0 Å². The number of furan rings is 1. The van der Waals surface area contributed by atoms with Crippen molar-refractivity contribution in [1.29, 1.82) is 5.26 Å². The number of nitrogens with two attached hydrogens (primary N) is 1. The molecule has 188 valence electrons. The molecule has 0 amide bonds. The monoisotopic (exact) mass is 490 g/mol. The summed E-state index contributed by atoms with van der Waals surface area (Å²) in [5.41, 5.74) is 7.81. The van der Waals surface area contributed by atoms with Gasteiger partial charge in [-0.1, -0.05) is 6.92 Å². The molecule has 0 fully saturated rings. The molecule has 0 aliphatic rings. The molecule has 0 spiro atoms. The van der Waals surface area contributed by atoms with Crippen LogP contribution in [0.3, 0.4) is 0 Å². The molecule has 0 aliphatic heterocycles. The molecule has 0 radical (unpaired) electrons. The van der Waals surface area contributed by atoms with Crippen LogP contribution in [0.15, 0.2) is 46.2 Å². The summed E-state index contributed by atoms with van der Waals surface area (Å²) in [6, 6.07) is 7.52. The predicted molar refractivity (Wildman–Crippen MR) is 138 cm³/mol. The van der Waals surface area contributed by atoms with Gasteiger partial charge in [0.1, 0.15) is 23.5 Å². The summed E-state index contributed by atoms with van der Waals surface area (Å²) in [7, 11) is 0. The molecule has 4 rings (SSSR count). The molecular weight excluding hydrogens is 460 g/mol. The summed E-state index contributed by atoms with van der Waals surface area (Å²) in [6.45, 7) is 4.52. The number of hydrogen-bond acceptors (Lipinski definition) is 9. The maximum atomic E-state index is 10.2. The van der Waals surface area contributed by atoms with Crippen LogP contribution in [0.2, 0.25) is 0 Å². The van der Waals surface area contributed by atoms with Crippen LogP contribution >= 0.6 is 0 Å². The lowest BCUT2D eigenvalue weighted by Gasteiger charge is -2.29. The number of aromatic amines is 1. The van der Waals surface area contributed by atoms with Gasteiger partial charge in [-0.05, 0) is 31.7 Å². The number of nitrogens with zero attached hydrogens (tertiary/aromatic N) is 5. The molecule has 2 unspecified atom stereocenters. The summed E-state index contributed by atoms with van der Waals surface area (Å²) in [6.07, 6.45) is 6.22. The Bertz CT molecular complexity index is 1440. The summed E-state index contributed by atoms with van der Waals surface area (Å²) >= 11 is 0. The Morgan fingerprint density at radius 2 is 2.28 bits per heavy atom. The zero-order valence-electron chi connectivity index (χ0n) is 20.3. The summed E-state index contributed by atoms with van der Waals surface area (Å²) < 4.78 is 7.63.